The maximum Gasteiger partial charge on any atom is 0.309 e. The van der Waals surface area contributed by atoms with Gasteiger partial charge in [-0.3, -0.25) is 14.4 Å². The molecule has 5 aliphatic rings. The molecule has 12 heteroatoms. The molecule has 5 aliphatic heterocycles. The van der Waals surface area contributed by atoms with Gasteiger partial charge in [-0.1, -0.05) is 18.2 Å². The van der Waals surface area contributed by atoms with Gasteiger partial charge in [-0.05, 0) is 48.4 Å². The second kappa shape index (κ2) is 12.5. The average molecular weight is 601 g/mol. The molecule has 0 radical (unpaired) electrons. The molecule has 12 nitrogen and oxygen atoms in total. The fourth-order valence-corrected chi connectivity index (χ4v) is 5.33. The van der Waals surface area contributed by atoms with E-state index in [1.165, 1.54) is 7.11 Å². The number of hydrogen-bond acceptors (Lipinski definition) is 9. The van der Waals surface area contributed by atoms with E-state index >= 15 is 0 Å². The Morgan fingerprint density at radius 1 is 0.955 bits per heavy atom. The topological polar surface area (TPSA) is 141 Å². The molecule has 4 bridgehead atoms. The van der Waals surface area contributed by atoms with Crippen LogP contribution in [0.15, 0.2) is 65.1 Å². The number of rotatable bonds is 3. The Balaban J connectivity index is 1.27. The van der Waals surface area contributed by atoms with Crippen molar-refractivity contribution in [2.45, 2.75) is 31.5 Å². The van der Waals surface area contributed by atoms with Crippen LogP contribution in [0, 0.1) is 0 Å². The number of ether oxygens (including phenoxy) is 4. The van der Waals surface area contributed by atoms with Crippen LogP contribution >= 0.6 is 0 Å². The van der Waals surface area contributed by atoms with Gasteiger partial charge in [-0.2, -0.15) is 0 Å². The number of carbonyl (C=O) groups excluding carboxylic acids is 3. The number of nitrogens with zero attached hydrogens (tertiary/aromatic N) is 2. The fraction of sp³-hybridized carbons (Fsp3) is 0.312. The lowest BCUT2D eigenvalue weighted by molar-refractivity contribution is -0.124. The Kier molecular flexibility index (Phi) is 8.22. The first-order valence-electron chi connectivity index (χ1n) is 14.2. The van der Waals surface area contributed by atoms with Crippen molar-refractivity contribution in [1.82, 2.24) is 20.5 Å². The normalized spacial score (nSPS) is 19.0. The van der Waals surface area contributed by atoms with Gasteiger partial charge in [0.2, 0.25) is 5.91 Å². The van der Waals surface area contributed by atoms with Gasteiger partial charge in [-0.15, -0.1) is 0 Å². The molecule has 1 fully saturated rings. The van der Waals surface area contributed by atoms with E-state index in [0.29, 0.717) is 40.5 Å². The second-order valence-corrected chi connectivity index (χ2v) is 10.6. The molecule has 1 saturated heterocycles. The lowest BCUT2D eigenvalue weighted by Gasteiger charge is -2.22. The number of benzene rings is 3. The number of hydrogen-bond donors (Lipinski definition) is 2. The summed E-state index contributed by atoms with van der Waals surface area (Å²) in [6.45, 7) is 0.308. The van der Waals surface area contributed by atoms with Crippen LogP contribution in [0.25, 0.3) is 11.1 Å². The molecule has 1 aromatic heterocycles. The molecule has 228 valence electrons. The number of amides is 3. The summed E-state index contributed by atoms with van der Waals surface area (Å²) in [5.41, 5.74) is 2.74. The summed E-state index contributed by atoms with van der Waals surface area (Å²) in [5, 5.41) is 5.90. The third kappa shape index (κ3) is 6.24. The maximum atomic E-state index is 13.4. The van der Waals surface area contributed by atoms with Crippen molar-refractivity contribution >= 4 is 28.8 Å². The average Bonchev–Trinajstić information content (AvgIpc) is 3.65. The highest BCUT2D eigenvalue weighted by molar-refractivity contribution is 5.92. The standard InChI is InChI=1S/C32H32N4O8/c1-40-26-14-21-10-9-20(26)15-33-29(37)12-8-19-7-11-25(27(13-19)41-2)42-18-30(38)34-23-16-36(17-28(23)43-21)32(39)31-35-22-5-3-4-6-24(22)44-31/h3-7,9-11,13-14,23,28H,8,12,15-18H2,1-2H3,(H,33,37)(H,34,38)/t23-,28-/m1/s1. The Hall–Kier alpha value is -5.26. The molecular formula is C32H32N4O8. The summed E-state index contributed by atoms with van der Waals surface area (Å²) in [7, 11) is 3.05. The van der Waals surface area contributed by atoms with Gasteiger partial charge < -0.3 is 38.9 Å². The number of likely N-dealkylation sites (tertiary alicyclic amines) is 1. The number of carbonyl (C=O) groups is 3. The molecular weight excluding hydrogens is 568 g/mol. The van der Waals surface area contributed by atoms with Gasteiger partial charge in [0.15, 0.2) is 23.7 Å². The van der Waals surface area contributed by atoms with Crippen molar-refractivity contribution in [3.05, 3.63) is 77.7 Å². The van der Waals surface area contributed by atoms with Crippen molar-refractivity contribution in [3.63, 3.8) is 0 Å². The Morgan fingerprint density at radius 3 is 2.61 bits per heavy atom. The van der Waals surface area contributed by atoms with Gasteiger partial charge in [0.25, 0.3) is 11.8 Å². The summed E-state index contributed by atoms with van der Waals surface area (Å²) >= 11 is 0. The molecule has 2 atom stereocenters. The molecule has 0 aliphatic carbocycles. The number of aryl methyl sites for hydroxylation is 1. The van der Waals surface area contributed by atoms with Crippen LogP contribution < -0.4 is 29.6 Å². The zero-order valence-electron chi connectivity index (χ0n) is 24.3. The van der Waals surface area contributed by atoms with E-state index in [1.807, 2.05) is 18.2 Å². The van der Waals surface area contributed by atoms with E-state index in [1.54, 1.807) is 54.5 Å². The lowest BCUT2D eigenvalue weighted by atomic mass is 10.1. The van der Waals surface area contributed by atoms with Gasteiger partial charge in [-0.25, -0.2) is 4.98 Å². The predicted molar refractivity (Wildman–Crippen MR) is 158 cm³/mol. The third-order valence-electron chi connectivity index (χ3n) is 7.63. The third-order valence-corrected chi connectivity index (χ3v) is 7.63. The van der Waals surface area contributed by atoms with Crippen molar-refractivity contribution in [3.8, 4) is 23.0 Å². The molecule has 4 aromatic rings. The summed E-state index contributed by atoms with van der Waals surface area (Å²) in [5.74, 6) is 0.884. The van der Waals surface area contributed by atoms with Crippen LogP contribution in [0.2, 0.25) is 0 Å². The number of methoxy groups -OCH3 is 2. The summed E-state index contributed by atoms with van der Waals surface area (Å²) < 4.78 is 28.9. The second-order valence-electron chi connectivity index (χ2n) is 10.6. The minimum Gasteiger partial charge on any atom is -0.496 e. The van der Waals surface area contributed by atoms with E-state index < -0.39 is 24.0 Å². The van der Waals surface area contributed by atoms with Crippen molar-refractivity contribution in [2.24, 2.45) is 0 Å². The SMILES string of the molecule is COc1cc2ccc1CNC(=O)CCc1ccc(c(OC)c1)OCC(=O)N[C@@H]1CN(C(=O)c3nc4ccccc4o3)C[C@H]1O2. The van der Waals surface area contributed by atoms with E-state index in [2.05, 4.69) is 15.6 Å². The molecule has 6 heterocycles. The van der Waals surface area contributed by atoms with Crippen LogP contribution in [0.5, 0.6) is 23.0 Å². The predicted octanol–water partition coefficient (Wildman–Crippen LogP) is 2.87. The molecule has 44 heavy (non-hydrogen) atoms. The van der Waals surface area contributed by atoms with Crippen LogP contribution in [-0.4, -0.2) is 73.7 Å². The van der Waals surface area contributed by atoms with E-state index in [-0.39, 0.29) is 44.5 Å². The summed E-state index contributed by atoms with van der Waals surface area (Å²) in [6, 6.07) is 17.2. The lowest BCUT2D eigenvalue weighted by Crippen LogP contribution is -2.46. The first-order valence-corrected chi connectivity index (χ1v) is 14.2. The monoisotopic (exact) mass is 600 g/mol. The van der Waals surface area contributed by atoms with Crippen LogP contribution in [-0.2, 0) is 22.6 Å². The number of aromatic nitrogens is 1. The number of fused-ring (bicyclic) bond motifs is 1. The quantitative estimate of drug-likeness (QED) is 0.363. The summed E-state index contributed by atoms with van der Waals surface area (Å²) in [4.78, 5) is 45.0. The maximum absolute atomic E-state index is 13.4. The minimum atomic E-state index is -0.609. The first kappa shape index (κ1) is 28.8. The van der Waals surface area contributed by atoms with Gasteiger partial charge in [0.1, 0.15) is 23.1 Å². The van der Waals surface area contributed by atoms with Crippen LogP contribution in [0.1, 0.15) is 28.2 Å². The first-order chi connectivity index (χ1) is 21.4. The van der Waals surface area contributed by atoms with Crippen LogP contribution in [0.3, 0.4) is 0 Å². The van der Waals surface area contributed by atoms with Crippen molar-refractivity contribution in [1.29, 1.82) is 0 Å². The molecule has 3 aromatic carbocycles. The zero-order chi connectivity index (χ0) is 30.6. The van der Waals surface area contributed by atoms with Crippen LogP contribution in [0.4, 0.5) is 0 Å². The van der Waals surface area contributed by atoms with E-state index in [9.17, 15) is 14.4 Å². The minimum absolute atomic E-state index is 0.0405. The fourth-order valence-electron chi connectivity index (χ4n) is 5.33. The highest BCUT2D eigenvalue weighted by Crippen LogP contribution is 2.30. The van der Waals surface area contributed by atoms with Crippen molar-refractivity contribution < 1.29 is 37.7 Å². The molecule has 9 rings (SSSR count). The number of oxazole rings is 1. The molecule has 0 saturated carbocycles. The molecule has 0 spiro atoms. The number of para-hydroxylation sites is 2. The Morgan fingerprint density at radius 2 is 1.80 bits per heavy atom. The van der Waals surface area contributed by atoms with Gasteiger partial charge in [0, 0.05) is 31.1 Å². The molecule has 2 N–H and O–H groups in total. The number of nitrogens with one attached hydrogen (secondary N) is 2. The largest absolute Gasteiger partial charge is 0.496 e. The van der Waals surface area contributed by atoms with E-state index in [4.69, 9.17) is 23.4 Å². The Labute approximate surface area is 253 Å². The van der Waals surface area contributed by atoms with Gasteiger partial charge in [0.05, 0.1) is 26.8 Å². The highest BCUT2D eigenvalue weighted by atomic mass is 16.5. The highest BCUT2D eigenvalue weighted by Gasteiger charge is 2.39. The van der Waals surface area contributed by atoms with E-state index in [0.717, 1.165) is 11.1 Å². The zero-order valence-corrected chi connectivity index (χ0v) is 24.3. The molecule has 3 amide bonds. The van der Waals surface area contributed by atoms with Crippen molar-refractivity contribution in [2.75, 3.05) is 33.9 Å². The smallest absolute Gasteiger partial charge is 0.309 e. The Bertz CT molecular complexity index is 1670. The van der Waals surface area contributed by atoms with Gasteiger partial charge >= 0.3 is 5.91 Å². The molecule has 0 unspecified atom stereocenters. The summed E-state index contributed by atoms with van der Waals surface area (Å²) in [6.07, 6.45) is 0.160.